The number of benzene rings is 1. The highest BCUT2D eigenvalue weighted by atomic mass is 35.5. The van der Waals surface area contributed by atoms with Gasteiger partial charge in [0.2, 0.25) is 5.91 Å². The summed E-state index contributed by atoms with van der Waals surface area (Å²) < 4.78 is 68.0. The molecule has 2 heterocycles. The minimum absolute atomic E-state index is 0.0423. The van der Waals surface area contributed by atoms with E-state index in [2.05, 4.69) is 10.3 Å². The Morgan fingerprint density at radius 2 is 1.83 bits per heavy atom. The third-order valence-corrected chi connectivity index (χ3v) is 7.04. The molecule has 1 saturated heterocycles. The van der Waals surface area contributed by atoms with E-state index in [-0.39, 0.29) is 28.8 Å². The lowest BCUT2D eigenvalue weighted by Gasteiger charge is -2.30. The lowest BCUT2D eigenvalue weighted by molar-refractivity contribution is -0.141. The molecule has 1 aromatic carbocycles. The van der Waals surface area contributed by atoms with Crippen LogP contribution in [-0.2, 0) is 11.0 Å². The fourth-order valence-corrected chi connectivity index (χ4v) is 4.68. The van der Waals surface area contributed by atoms with Crippen molar-refractivity contribution in [3.05, 3.63) is 63.9 Å². The quantitative estimate of drug-likeness (QED) is 0.420. The predicted molar refractivity (Wildman–Crippen MR) is 117 cm³/mol. The van der Waals surface area contributed by atoms with E-state index in [4.69, 9.17) is 11.6 Å². The number of carbonyl (C=O) groups excluding carboxylic acids is 2. The maximum atomic E-state index is 14.6. The Bertz CT molecular complexity index is 1150. The average Bonchev–Trinajstić information content (AvgIpc) is 3.59. The third-order valence-electron chi connectivity index (χ3n) is 6.75. The van der Waals surface area contributed by atoms with Crippen molar-refractivity contribution < 1.29 is 31.5 Å². The van der Waals surface area contributed by atoms with E-state index in [1.54, 1.807) is 6.92 Å². The molecule has 2 fully saturated rings. The van der Waals surface area contributed by atoms with Gasteiger partial charge >= 0.3 is 6.18 Å². The molecule has 1 aliphatic carbocycles. The number of pyridine rings is 1. The Hall–Kier alpha value is -2.75. The van der Waals surface area contributed by atoms with Crippen LogP contribution in [0.4, 0.5) is 22.0 Å². The molecule has 1 aromatic heterocycles. The van der Waals surface area contributed by atoms with Crippen LogP contribution >= 0.6 is 11.6 Å². The second-order valence-electron chi connectivity index (χ2n) is 9.20. The molecule has 0 spiro atoms. The summed E-state index contributed by atoms with van der Waals surface area (Å²) in [6, 6.07) is 2.52. The molecule has 0 bridgehead atoms. The first-order valence-corrected chi connectivity index (χ1v) is 11.6. The highest BCUT2D eigenvalue weighted by Crippen LogP contribution is 2.43. The number of nitrogens with one attached hydrogen (secondary N) is 1. The minimum Gasteiger partial charge on any atom is -0.347 e. The molecule has 2 aromatic rings. The second-order valence-corrected chi connectivity index (χ2v) is 9.61. The molecule has 0 radical (unpaired) electrons. The van der Waals surface area contributed by atoms with Crippen molar-refractivity contribution in [2.75, 3.05) is 0 Å². The number of likely N-dealkylation sites (tertiary alicyclic amines) is 1. The van der Waals surface area contributed by atoms with Crippen molar-refractivity contribution in [2.24, 2.45) is 11.8 Å². The van der Waals surface area contributed by atoms with Crippen molar-refractivity contribution in [2.45, 2.75) is 57.4 Å². The summed E-state index contributed by atoms with van der Waals surface area (Å²) in [5, 5.41) is 2.38. The van der Waals surface area contributed by atoms with Crippen LogP contribution in [0, 0.1) is 23.5 Å². The second kappa shape index (κ2) is 9.37. The van der Waals surface area contributed by atoms with Gasteiger partial charge in [0, 0.05) is 11.6 Å². The monoisotopic (exact) mass is 515 g/mol. The number of nitrogens with zero attached hydrogens (tertiary/aromatic N) is 2. The first-order chi connectivity index (χ1) is 16.4. The molecule has 4 rings (SSSR count). The van der Waals surface area contributed by atoms with Gasteiger partial charge in [0.25, 0.3) is 5.91 Å². The lowest BCUT2D eigenvalue weighted by Crippen LogP contribution is -2.49. The van der Waals surface area contributed by atoms with Crippen molar-refractivity contribution in [3.63, 3.8) is 0 Å². The number of carbonyl (C=O) groups is 2. The van der Waals surface area contributed by atoms with Gasteiger partial charge in [-0.2, -0.15) is 13.2 Å². The van der Waals surface area contributed by atoms with Crippen molar-refractivity contribution in [1.29, 1.82) is 0 Å². The maximum absolute atomic E-state index is 14.6. The molecular weight excluding hydrogens is 493 g/mol. The molecule has 1 unspecified atom stereocenters. The Kier molecular flexibility index (Phi) is 6.78. The number of alkyl halides is 3. The molecule has 11 heteroatoms. The Balaban J connectivity index is 1.61. The van der Waals surface area contributed by atoms with E-state index in [0.717, 1.165) is 24.3 Å². The van der Waals surface area contributed by atoms with Crippen molar-refractivity contribution >= 4 is 23.4 Å². The Morgan fingerprint density at radius 3 is 2.46 bits per heavy atom. The minimum atomic E-state index is -4.73. The first-order valence-electron chi connectivity index (χ1n) is 11.2. The molecule has 1 saturated carbocycles. The topological polar surface area (TPSA) is 62.3 Å². The molecule has 4 atom stereocenters. The number of halogens is 6. The van der Waals surface area contributed by atoms with E-state index >= 15 is 0 Å². The summed E-state index contributed by atoms with van der Waals surface area (Å²) in [5.41, 5.74) is -1.68. The highest BCUT2D eigenvalue weighted by molar-refractivity contribution is 6.30. The summed E-state index contributed by atoms with van der Waals surface area (Å²) in [6.07, 6.45) is -3.08. The van der Waals surface area contributed by atoms with Crippen LogP contribution < -0.4 is 5.32 Å². The van der Waals surface area contributed by atoms with Crippen LogP contribution in [-0.4, -0.2) is 33.8 Å². The van der Waals surface area contributed by atoms with Crippen LogP contribution in [0.25, 0.3) is 0 Å². The maximum Gasteiger partial charge on any atom is 0.433 e. The van der Waals surface area contributed by atoms with E-state index in [1.807, 2.05) is 6.92 Å². The zero-order valence-corrected chi connectivity index (χ0v) is 19.6. The van der Waals surface area contributed by atoms with Crippen molar-refractivity contribution in [1.82, 2.24) is 15.2 Å². The van der Waals surface area contributed by atoms with Crippen LogP contribution in [0.3, 0.4) is 0 Å². The molecule has 2 aliphatic rings. The van der Waals surface area contributed by atoms with Crippen LogP contribution in [0.2, 0.25) is 5.02 Å². The standard InChI is InChI=1S/C24H23ClF5N3O2/c1-11-8-19(33(12(11)2)23(35)18-4-3-5-20(31-18)24(28,29)30)22(34)32-21(13-6-7-13)14-9-17(27)15(25)10-16(14)26/h3-5,9-13,19,21H,6-8H2,1-2H3,(H,32,34)/t11-,12-,19-,21?/m1/s1. The zero-order chi connectivity index (χ0) is 25.7. The molecule has 5 nitrogen and oxygen atoms in total. The number of rotatable bonds is 5. The number of aromatic nitrogens is 1. The molecule has 35 heavy (non-hydrogen) atoms. The van der Waals surface area contributed by atoms with Crippen LogP contribution in [0.15, 0.2) is 30.3 Å². The normalized spacial score (nSPS) is 23.3. The summed E-state index contributed by atoms with van der Waals surface area (Å²) in [4.78, 5) is 31.3. The van der Waals surface area contributed by atoms with E-state index < -0.39 is 59.1 Å². The molecule has 2 amide bonds. The summed E-state index contributed by atoms with van der Waals surface area (Å²) in [5.74, 6) is -3.22. The van der Waals surface area contributed by atoms with E-state index in [9.17, 15) is 31.5 Å². The van der Waals surface area contributed by atoms with E-state index in [0.29, 0.717) is 12.8 Å². The molecular formula is C24H23ClF5N3O2. The lowest BCUT2D eigenvalue weighted by atomic mass is 9.99. The summed E-state index contributed by atoms with van der Waals surface area (Å²) >= 11 is 5.66. The predicted octanol–water partition coefficient (Wildman–Crippen LogP) is 5.54. The number of amides is 2. The van der Waals surface area contributed by atoms with Gasteiger partial charge in [0.15, 0.2) is 0 Å². The number of hydrogen-bond donors (Lipinski definition) is 1. The summed E-state index contributed by atoms with van der Waals surface area (Å²) in [7, 11) is 0. The van der Waals surface area contributed by atoms with Crippen LogP contribution in [0.5, 0.6) is 0 Å². The van der Waals surface area contributed by atoms with Gasteiger partial charge in [-0.15, -0.1) is 0 Å². The van der Waals surface area contributed by atoms with Gasteiger partial charge in [0.1, 0.15) is 29.1 Å². The van der Waals surface area contributed by atoms with Gasteiger partial charge in [-0.3, -0.25) is 9.59 Å². The largest absolute Gasteiger partial charge is 0.433 e. The first kappa shape index (κ1) is 25.3. The Morgan fingerprint density at radius 1 is 1.14 bits per heavy atom. The van der Waals surface area contributed by atoms with Gasteiger partial charge in [-0.1, -0.05) is 24.6 Å². The van der Waals surface area contributed by atoms with Gasteiger partial charge in [-0.25, -0.2) is 13.8 Å². The SMILES string of the molecule is C[C@@H]1C[C@H](C(=O)NC(c2cc(F)c(Cl)cc2F)C2CC2)N(C(=O)c2cccc(C(F)(F)F)n2)[C@@H]1C. The zero-order valence-electron chi connectivity index (χ0n) is 18.9. The van der Waals surface area contributed by atoms with E-state index in [1.165, 1.54) is 11.0 Å². The molecule has 188 valence electrons. The van der Waals surface area contributed by atoms with Gasteiger partial charge < -0.3 is 10.2 Å². The third kappa shape index (κ3) is 5.12. The van der Waals surface area contributed by atoms with Gasteiger partial charge in [-0.05, 0) is 62.3 Å². The molecule has 1 aliphatic heterocycles. The fraction of sp³-hybridized carbons (Fsp3) is 0.458. The Labute approximate surface area is 203 Å². The van der Waals surface area contributed by atoms with Gasteiger partial charge in [0.05, 0.1) is 11.1 Å². The highest BCUT2D eigenvalue weighted by Gasteiger charge is 2.46. The average molecular weight is 516 g/mol. The summed E-state index contributed by atoms with van der Waals surface area (Å²) in [6.45, 7) is 3.53. The molecule has 1 N–H and O–H groups in total. The van der Waals surface area contributed by atoms with Crippen molar-refractivity contribution in [3.8, 4) is 0 Å². The smallest absolute Gasteiger partial charge is 0.347 e. The fourth-order valence-electron chi connectivity index (χ4n) is 4.53. The number of hydrogen-bond acceptors (Lipinski definition) is 3. The van der Waals surface area contributed by atoms with Crippen LogP contribution in [0.1, 0.15) is 60.9 Å².